The highest BCUT2D eigenvalue weighted by Gasteiger charge is 2.25. The number of urea groups is 1. The lowest BCUT2D eigenvalue weighted by atomic mass is 9.93. The Balaban J connectivity index is 1.54. The highest BCUT2D eigenvalue weighted by Crippen LogP contribution is 2.25. The van der Waals surface area contributed by atoms with E-state index in [9.17, 15) is 9.59 Å². The molecule has 0 saturated carbocycles. The van der Waals surface area contributed by atoms with Gasteiger partial charge < -0.3 is 15.0 Å². The summed E-state index contributed by atoms with van der Waals surface area (Å²) < 4.78 is 7.23. The van der Waals surface area contributed by atoms with Crippen molar-refractivity contribution in [1.29, 1.82) is 0 Å². The van der Waals surface area contributed by atoms with Crippen molar-refractivity contribution < 1.29 is 9.53 Å². The maximum Gasteiger partial charge on any atom is 0.343 e. The van der Waals surface area contributed by atoms with E-state index in [1.165, 1.54) is 0 Å². The van der Waals surface area contributed by atoms with E-state index in [0.29, 0.717) is 43.6 Å². The van der Waals surface area contributed by atoms with E-state index in [2.05, 4.69) is 15.5 Å². The van der Waals surface area contributed by atoms with Crippen LogP contribution in [-0.4, -0.2) is 45.4 Å². The first kappa shape index (κ1) is 19.0. The first-order valence-corrected chi connectivity index (χ1v) is 9.54. The zero-order chi connectivity index (χ0) is 19.2. The summed E-state index contributed by atoms with van der Waals surface area (Å²) in [5.41, 5.74) is 0.534. The molecule has 2 amide bonds. The minimum absolute atomic E-state index is 0.106. The summed E-state index contributed by atoms with van der Waals surface area (Å²) in [7, 11) is 0. The molecule has 8 nitrogen and oxygen atoms in total. The third-order valence-electron chi connectivity index (χ3n) is 4.96. The molecule has 0 bridgehead atoms. The zero-order valence-corrected chi connectivity index (χ0v) is 15.9. The van der Waals surface area contributed by atoms with Crippen LogP contribution in [0.15, 0.2) is 29.1 Å². The molecule has 0 aliphatic carbocycles. The molecule has 0 atom stereocenters. The Morgan fingerprint density at radius 3 is 2.74 bits per heavy atom. The lowest BCUT2D eigenvalue weighted by Crippen LogP contribution is -2.41. The van der Waals surface area contributed by atoms with Crippen LogP contribution in [0.5, 0.6) is 5.75 Å². The van der Waals surface area contributed by atoms with Gasteiger partial charge in [-0.1, -0.05) is 12.1 Å². The summed E-state index contributed by atoms with van der Waals surface area (Å²) in [6, 6.07) is 7.35. The second-order valence-electron chi connectivity index (χ2n) is 6.68. The summed E-state index contributed by atoms with van der Waals surface area (Å²) in [4.78, 5) is 26.1. The largest absolute Gasteiger partial charge is 0.492 e. The number of carbonyl (C=O) groups excluding carboxylic acids is 1. The second-order valence-corrected chi connectivity index (χ2v) is 6.68. The van der Waals surface area contributed by atoms with Crippen LogP contribution in [0.4, 0.5) is 10.5 Å². The van der Waals surface area contributed by atoms with E-state index in [1.54, 1.807) is 4.57 Å². The van der Waals surface area contributed by atoms with Crippen LogP contribution in [-0.2, 0) is 13.0 Å². The van der Waals surface area contributed by atoms with Crippen molar-refractivity contribution in [3.8, 4) is 5.75 Å². The molecule has 1 saturated heterocycles. The molecule has 2 aromatic rings. The number of H-pyrrole nitrogens is 1. The van der Waals surface area contributed by atoms with Gasteiger partial charge in [0.1, 0.15) is 11.6 Å². The molecule has 0 spiro atoms. The predicted molar refractivity (Wildman–Crippen MR) is 103 cm³/mol. The van der Waals surface area contributed by atoms with Gasteiger partial charge in [-0.05, 0) is 44.7 Å². The van der Waals surface area contributed by atoms with E-state index >= 15 is 0 Å². The Kier molecular flexibility index (Phi) is 6.16. The maximum atomic E-state index is 12.6. The van der Waals surface area contributed by atoms with Crippen molar-refractivity contribution in [3.63, 3.8) is 0 Å². The van der Waals surface area contributed by atoms with E-state index in [1.807, 2.05) is 43.0 Å². The number of piperidine rings is 1. The lowest BCUT2D eigenvalue weighted by Gasteiger charge is -2.32. The smallest absolute Gasteiger partial charge is 0.343 e. The summed E-state index contributed by atoms with van der Waals surface area (Å²) in [5.74, 6) is 1.90. The van der Waals surface area contributed by atoms with Crippen molar-refractivity contribution >= 4 is 11.7 Å². The lowest BCUT2D eigenvalue weighted by molar-refractivity contribution is 0.181. The predicted octanol–water partition coefficient (Wildman–Crippen LogP) is 2.48. The Labute approximate surface area is 158 Å². The van der Waals surface area contributed by atoms with Crippen LogP contribution < -0.4 is 15.7 Å². The number of carbonyl (C=O) groups is 1. The van der Waals surface area contributed by atoms with Crippen molar-refractivity contribution in [2.24, 2.45) is 5.92 Å². The SMILES string of the molecule is CCOc1ccccc1NC(=O)N1CCC(Cc2n[nH]c(=O)n2CC)CC1. The van der Waals surface area contributed by atoms with Crippen LogP contribution in [0.1, 0.15) is 32.5 Å². The zero-order valence-electron chi connectivity index (χ0n) is 15.9. The number of rotatable bonds is 6. The summed E-state index contributed by atoms with van der Waals surface area (Å²) in [5, 5.41) is 9.61. The van der Waals surface area contributed by atoms with Gasteiger partial charge in [0.15, 0.2) is 0 Å². The molecule has 0 radical (unpaired) electrons. The van der Waals surface area contributed by atoms with Crippen molar-refractivity contribution in [1.82, 2.24) is 19.7 Å². The number of likely N-dealkylation sites (tertiary alicyclic amines) is 1. The first-order chi connectivity index (χ1) is 13.1. The van der Waals surface area contributed by atoms with Gasteiger partial charge in [-0.15, -0.1) is 0 Å². The standard InChI is InChI=1S/C19H27N5O3/c1-3-24-17(21-22-19(24)26)13-14-9-11-23(12-10-14)18(25)20-15-7-5-6-8-16(15)27-4-2/h5-8,14H,3-4,9-13H2,1-2H3,(H,20,25)(H,22,26). The van der Waals surface area contributed by atoms with E-state index in [4.69, 9.17) is 4.74 Å². The molecule has 0 unspecified atom stereocenters. The monoisotopic (exact) mass is 373 g/mol. The van der Waals surface area contributed by atoms with E-state index in [-0.39, 0.29) is 11.7 Å². The molecule has 146 valence electrons. The highest BCUT2D eigenvalue weighted by molar-refractivity contribution is 5.91. The molecule has 1 aliphatic heterocycles. The number of nitrogens with one attached hydrogen (secondary N) is 2. The molecule has 2 heterocycles. The Morgan fingerprint density at radius 2 is 2.04 bits per heavy atom. The summed E-state index contributed by atoms with van der Waals surface area (Å²) in [6.45, 7) is 6.40. The van der Waals surface area contributed by atoms with Crippen molar-refractivity contribution in [2.45, 2.75) is 39.7 Å². The number of benzene rings is 1. The molecule has 1 aromatic heterocycles. The van der Waals surface area contributed by atoms with Gasteiger partial charge in [0, 0.05) is 26.1 Å². The molecule has 2 N–H and O–H groups in total. The highest BCUT2D eigenvalue weighted by atomic mass is 16.5. The molecule has 27 heavy (non-hydrogen) atoms. The minimum Gasteiger partial charge on any atom is -0.492 e. The van der Waals surface area contributed by atoms with Crippen LogP contribution in [0.25, 0.3) is 0 Å². The van der Waals surface area contributed by atoms with Gasteiger partial charge in [-0.2, -0.15) is 5.10 Å². The third-order valence-corrected chi connectivity index (χ3v) is 4.96. The quantitative estimate of drug-likeness (QED) is 0.814. The average Bonchev–Trinajstić information content (AvgIpc) is 3.03. The number of aromatic amines is 1. The number of aromatic nitrogens is 3. The normalized spacial score (nSPS) is 15.0. The molecule has 8 heteroatoms. The minimum atomic E-state index is -0.155. The fraction of sp³-hybridized carbons (Fsp3) is 0.526. The number of hydrogen-bond donors (Lipinski definition) is 2. The van der Waals surface area contributed by atoms with Gasteiger partial charge in [0.25, 0.3) is 0 Å². The van der Waals surface area contributed by atoms with Crippen molar-refractivity contribution in [2.75, 3.05) is 25.0 Å². The molecule has 1 fully saturated rings. The number of hydrogen-bond acceptors (Lipinski definition) is 4. The van der Waals surface area contributed by atoms with Crippen LogP contribution >= 0.6 is 0 Å². The Bertz CT molecular complexity index is 821. The fourth-order valence-electron chi connectivity index (χ4n) is 3.48. The Morgan fingerprint density at radius 1 is 1.30 bits per heavy atom. The maximum absolute atomic E-state index is 12.6. The van der Waals surface area contributed by atoms with E-state index < -0.39 is 0 Å². The number of ether oxygens (including phenoxy) is 1. The van der Waals surface area contributed by atoms with Crippen LogP contribution in [0, 0.1) is 5.92 Å². The third kappa shape index (κ3) is 4.50. The summed E-state index contributed by atoms with van der Waals surface area (Å²) in [6.07, 6.45) is 2.55. The number of amides is 2. The summed E-state index contributed by atoms with van der Waals surface area (Å²) >= 11 is 0. The van der Waals surface area contributed by atoms with Gasteiger partial charge in [-0.3, -0.25) is 4.57 Å². The molecule has 1 aromatic carbocycles. The van der Waals surface area contributed by atoms with Crippen molar-refractivity contribution in [3.05, 3.63) is 40.6 Å². The molecular weight excluding hydrogens is 346 g/mol. The van der Waals surface area contributed by atoms with Crippen LogP contribution in [0.2, 0.25) is 0 Å². The molecule has 1 aliphatic rings. The number of para-hydroxylation sites is 2. The van der Waals surface area contributed by atoms with Crippen LogP contribution in [0.3, 0.4) is 0 Å². The Hall–Kier alpha value is -2.77. The second kappa shape index (κ2) is 8.75. The van der Waals surface area contributed by atoms with Gasteiger partial charge >= 0.3 is 11.7 Å². The fourth-order valence-corrected chi connectivity index (χ4v) is 3.48. The van der Waals surface area contributed by atoms with E-state index in [0.717, 1.165) is 25.1 Å². The number of nitrogens with zero attached hydrogens (tertiary/aromatic N) is 3. The van der Waals surface area contributed by atoms with Gasteiger partial charge in [0.2, 0.25) is 0 Å². The number of anilines is 1. The first-order valence-electron chi connectivity index (χ1n) is 9.54. The van der Waals surface area contributed by atoms with Gasteiger partial charge in [0.05, 0.1) is 12.3 Å². The average molecular weight is 373 g/mol. The molecular formula is C19H27N5O3. The molecule has 3 rings (SSSR count). The topological polar surface area (TPSA) is 92.2 Å². The van der Waals surface area contributed by atoms with Gasteiger partial charge in [-0.25, -0.2) is 14.7 Å².